The molecule has 2 heteroatoms. The minimum atomic E-state index is -0.161. The monoisotopic (exact) mass is 237 g/mol. The normalized spacial score (nSPS) is 13.4. The highest BCUT2D eigenvalue weighted by atomic mass is 19.1. The molecular weight excluding hydrogens is 213 g/mol. The Hall–Kier alpha value is -0.890. The van der Waals surface area contributed by atoms with E-state index in [9.17, 15) is 4.39 Å². The second-order valence-corrected chi connectivity index (χ2v) is 5.48. The standard InChI is InChI=1S/C15H24FN/c1-11(2)9-15(17-12(3)4)10-13-5-7-14(16)8-6-13/h5-8,11-12,15,17H,9-10H2,1-4H3. The van der Waals surface area contributed by atoms with Gasteiger partial charge in [0.15, 0.2) is 0 Å². The average Bonchev–Trinajstić information content (AvgIpc) is 2.19. The van der Waals surface area contributed by atoms with Gasteiger partial charge in [0, 0.05) is 12.1 Å². The van der Waals surface area contributed by atoms with Crippen LogP contribution in [0.2, 0.25) is 0 Å². The Balaban J connectivity index is 2.61. The summed E-state index contributed by atoms with van der Waals surface area (Å²) in [5, 5.41) is 3.58. The van der Waals surface area contributed by atoms with Gasteiger partial charge < -0.3 is 5.32 Å². The highest BCUT2D eigenvalue weighted by Crippen LogP contribution is 2.12. The molecule has 1 nitrogen and oxygen atoms in total. The zero-order chi connectivity index (χ0) is 12.8. The summed E-state index contributed by atoms with van der Waals surface area (Å²) in [6.07, 6.45) is 2.12. The molecule has 0 radical (unpaired) electrons. The predicted octanol–water partition coefficient (Wildman–Crippen LogP) is 3.78. The maximum atomic E-state index is 12.8. The fraction of sp³-hybridized carbons (Fsp3) is 0.600. The van der Waals surface area contributed by atoms with E-state index >= 15 is 0 Å². The Labute approximate surface area is 104 Å². The van der Waals surface area contributed by atoms with E-state index in [4.69, 9.17) is 0 Å². The summed E-state index contributed by atoms with van der Waals surface area (Å²) in [6, 6.07) is 7.79. The summed E-state index contributed by atoms with van der Waals surface area (Å²) >= 11 is 0. The molecule has 1 aromatic carbocycles. The SMILES string of the molecule is CC(C)CC(Cc1ccc(F)cc1)NC(C)C. The molecule has 0 bridgehead atoms. The van der Waals surface area contributed by atoms with Gasteiger partial charge in [-0.3, -0.25) is 0 Å². The summed E-state index contributed by atoms with van der Waals surface area (Å²) in [7, 11) is 0. The molecule has 1 atom stereocenters. The summed E-state index contributed by atoms with van der Waals surface area (Å²) in [5.41, 5.74) is 1.20. The fourth-order valence-electron chi connectivity index (χ4n) is 2.16. The van der Waals surface area contributed by atoms with Gasteiger partial charge in [-0.15, -0.1) is 0 Å². The van der Waals surface area contributed by atoms with Crippen LogP contribution in [-0.4, -0.2) is 12.1 Å². The number of rotatable bonds is 6. The van der Waals surface area contributed by atoms with Gasteiger partial charge in [0.1, 0.15) is 5.82 Å². The van der Waals surface area contributed by atoms with E-state index in [0.717, 1.165) is 12.8 Å². The molecule has 0 saturated carbocycles. The lowest BCUT2D eigenvalue weighted by Crippen LogP contribution is -2.37. The second-order valence-electron chi connectivity index (χ2n) is 5.48. The van der Waals surface area contributed by atoms with E-state index in [-0.39, 0.29) is 5.82 Å². The number of benzene rings is 1. The second kappa shape index (κ2) is 6.75. The summed E-state index contributed by atoms with van der Waals surface area (Å²) in [6.45, 7) is 8.80. The van der Waals surface area contributed by atoms with Crippen molar-refractivity contribution in [2.45, 2.75) is 52.6 Å². The number of hydrogen-bond donors (Lipinski definition) is 1. The van der Waals surface area contributed by atoms with Crippen LogP contribution in [0.5, 0.6) is 0 Å². The quantitative estimate of drug-likeness (QED) is 0.794. The van der Waals surface area contributed by atoms with Crippen molar-refractivity contribution in [3.63, 3.8) is 0 Å². The van der Waals surface area contributed by atoms with Crippen molar-refractivity contribution in [2.75, 3.05) is 0 Å². The molecule has 0 amide bonds. The minimum Gasteiger partial charge on any atom is -0.311 e. The summed E-state index contributed by atoms with van der Waals surface area (Å²) in [4.78, 5) is 0. The molecule has 1 aromatic rings. The first kappa shape index (κ1) is 14.2. The number of halogens is 1. The van der Waals surface area contributed by atoms with Gasteiger partial charge in [-0.1, -0.05) is 39.8 Å². The van der Waals surface area contributed by atoms with Crippen molar-refractivity contribution in [1.82, 2.24) is 5.32 Å². The molecule has 96 valence electrons. The first-order valence-electron chi connectivity index (χ1n) is 6.48. The van der Waals surface area contributed by atoms with Crippen LogP contribution < -0.4 is 5.32 Å². The predicted molar refractivity (Wildman–Crippen MR) is 71.6 cm³/mol. The Morgan fingerprint density at radius 2 is 1.65 bits per heavy atom. The van der Waals surface area contributed by atoms with E-state index < -0.39 is 0 Å². The van der Waals surface area contributed by atoms with Gasteiger partial charge >= 0.3 is 0 Å². The summed E-state index contributed by atoms with van der Waals surface area (Å²) < 4.78 is 12.8. The third kappa shape index (κ3) is 5.83. The lowest BCUT2D eigenvalue weighted by atomic mass is 9.96. The maximum Gasteiger partial charge on any atom is 0.123 e. The lowest BCUT2D eigenvalue weighted by Gasteiger charge is -2.23. The van der Waals surface area contributed by atoms with Gasteiger partial charge in [0.2, 0.25) is 0 Å². The van der Waals surface area contributed by atoms with E-state index in [1.807, 2.05) is 12.1 Å². The van der Waals surface area contributed by atoms with Crippen molar-refractivity contribution in [3.8, 4) is 0 Å². The molecule has 0 heterocycles. The molecule has 1 N–H and O–H groups in total. The zero-order valence-electron chi connectivity index (χ0n) is 11.3. The Kier molecular flexibility index (Phi) is 5.63. The van der Waals surface area contributed by atoms with Crippen LogP contribution in [0.1, 0.15) is 39.7 Å². The van der Waals surface area contributed by atoms with Crippen molar-refractivity contribution in [2.24, 2.45) is 5.92 Å². The fourth-order valence-corrected chi connectivity index (χ4v) is 2.16. The lowest BCUT2D eigenvalue weighted by molar-refractivity contribution is 0.389. The van der Waals surface area contributed by atoms with Gasteiger partial charge in [-0.2, -0.15) is 0 Å². The van der Waals surface area contributed by atoms with Crippen molar-refractivity contribution in [1.29, 1.82) is 0 Å². The van der Waals surface area contributed by atoms with Crippen LogP contribution >= 0.6 is 0 Å². The molecule has 1 unspecified atom stereocenters. The smallest absolute Gasteiger partial charge is 0.123 e. The molecule has 1 rings (SSSR count). The molecule has 0 aliphatic rings. The van der Waals surface area contributed by atoms with E-state index in [1.165, 1.54) is 17.7 Å². The average molecular weight is 237 g/mol. The van der Waals surface area contributed by atoms with E-state index in [0.29, 0.717) is 18.0 Å². The van der Waals surface area contributed by atoms with Crippen LogP contribution in [-0.2, 0) is 6.42 Å². The van der Waals surface area contributed by atoms with Gasteiger partial charge in [-0.05, 0) is 36.5 Å². The molecular formula is C15H24FN. The minimum absolute atomic E-state index is 0.161. The summed E-state index contributed by atoms with van der Waals surface area (Å²) in [5.74, 6) is 0.512. The third-order valence-electron chi connectivity index (χ3n) is 2.72. The zero-order valence-corrected chi connectivity index (χ0v) is 11.3. The molecule has 0 aliphatic heterocycles. The topological polar surface area (TPSA) is 12.0 Å². The highest BCUT2D eigenvalue weighted by molar-refractivity contribution is 5.17. The van der Waals surface area contributed by atoms with Crippen LogP contribution in [0, 0.1) is 11.7 Å². The van der Waals surface area contributed by atoms with Crippen LogP contribution in [0.25, 0.3) is 0 Å². The van der Waals surface area contributed by atoms with E-state index in [2.05, 4.69) is 33.0 Å². The third-order valence-corrected chi connectivity index (χ3v) is 2.72. The van der Waals surface area contributed by atoms with Crippen molar-refractivity contribution < 1.29 is 4.39 Å². The molecule has 0 aliphatic carbocycles. The van der Waals surface area contributed by atoms with Gasteiger partial charge in [-0.25, -0.2) is 4.39 Å². The van der Waals surface area contributed by atoms with Crippen LogP contribution in [0.15, 0.2) is 24.3 Å². The number of nitrogens with one attached hydrogen (secondary N) is 1. The van der Waals surface area contributed by atoms with Crippen molar-refractivity contribution >= 4 is 0 Å². The molecule has 0 aromatic heterocycles. The van der Waals surface area contributed by atoms with Crippen LogP contribution in [0.4, 0.5) is 4.39 Å². The van der Waals surface area contributed by atoms with Gasteiger partial charge in [0.05, 0.1) is 0 Å². The number of hydrogen-bond acceptors (Lipinski definition) is 1. The first-order valence-corrected chi connectivity index (χ1v) is 6.48. The van der Waals surface area contributed by atoms with Gasteiger partial charge in [0.25, 0.3) is 0 Å². The Morgan fingerprint density at radius 1 is 1.06 bits per heavy atom. The highest BCUT2D eigenvalue weighted by Gasteiger charge is 2.12. The largest absolute Gasteiger partial charge is 0.311 e. The molecule has 0 saturated heterocycles. The Bertz CT molecular complexity index is 306. The van der Waals surface area contributed by atoms with E-state index in [1.54, 1.807) is 0 Å². The first-order chi connectivity index (χ1) is 7.97. The van der Waals surface area contributed by atoms with Crippen LogP contribution in [0.3, 0.4) is 0 Å². The molecule has 0 spiro atoms. The molecule has 0 fully saturated rings. The Morgan fingerprint density at radius 3 is 2.12 bits per heavy atom. The molecule has 17 heavy (non-hydrogen) atoms. The maximum absolute atomic E-state index is 12.8. The van der Waals surface area contributed by atoms with Crippen molar-refractivity contribution in [3.05, 3.63) is 35.6 Å².